The van der Waals surface area contributed by atoms with Gasteiger partial charge >= 0.3 is 0 Å². The molecule has 3 heterocycles. The molecule has 1 N–H and O–H groups in total. The van der Waals surface area contributed by atoms with Gasteiger partial charge in [-0.25, -0.2) is 9.97 Å². The quantitative estimate of drug-likeness (QED) is 0.898. The van der Waals surface area contributed by atoms with E-state index in [-0.39, 0.29) is 0 Å². The Bertz CT molecular complexity index is 523. The van der Waals surface area contributed by atoms with Crippen LogP contribution in [0.2, 0.25) is 0 Å². The number of aliphatic hydroxyl groups is 1. The molecule has 134 valence electrons. The second-order valence-corrected chi connectivity index (χ2v) is 8.25. The summed E-state index contributed by atoms with van der Waals surface area (Å²) in [5.74, 6) is 1.83. The predicted octanol–water partition coefficient (Wildman–Crippen LogP) is 2.70. The Morgan fingerprint density at radius 2 is 1.88 bits per heavy atom. The number of nitrogens with zero attached hydrogens (tertiary/aromatic N) is 4. The third-order valence-corrected chi connectivity index (χ3v) is 5.53. The minimum Gasteiger partial charge on any atom is -0.390 e. The van der Waals surface area contributed by atoms with Crippen molar-refractivity contribution in [1.82, 2.24) is 14.9 Å². The fourth-order valence-corrected chi connectivity index (χ4v) is 4.00. The molecule has 2 fully saturated rings. The first-order valence-corrected chi connectivity index (χ1v) is 9.44. The maximum atomic E-state index is 10.7. The van der Waals surface area contributed by atoms with Gasteiger partial charge in [-0.1, -0.05) is 13.8 Å². The van der Waals surface area contributed by atoms with Crippen LogP contribution in [0.4, 0.5) is 5.95 Å². The number of aromatic nitrogens is 2. The third kappa shape index (κ3) is 4.25. The van der Waals surface area contributed by atoms with Gasteiger partial charge in [0.05, 0.1) is 5.60 Å². The zero-order chi connectivity index (χ0) is 17.2. The standard InChI is InChI=1S/C19H32N4O/c1-15(2)10-17-14-22(9-6-19(17,3)24)13-16-11-20-18(21-12-16)23-7-4-5-8-23/h11-12,15,17,24H,4-10,13-14H2,1-3H3/t17-,19+/m1/s1. The van der Waals surface area contributed by atoms with Crippen molar-refractivity contribution in [3.8, 4) is 0 Å². The van der Waals surface area contributed by atoms with Gasteiger partial charge in [0, 0.05) is 56.6 Å². The molecule has 1 aromatic rings. The molecule has 0 spiro atoms. The van der Waals surface area contributed by atoms with Crippen LogP contribution in [0.5, 0.6) is 0 Å². The Morgan fingerprint density at radius 1 is 1.21 bits per heavy atom. The zero-order valence-corrected chi connectivity index (χ0v) is 15.4. The fourth-order valence-electron chi connectivity index (χ4n) is 4.00. The van der Waals surface area contributed by atoms with Crippen molar-refractivity contribution >= 4 is 5.95 Å². The molecular formula is C19H32N4O. The number of hydrogen-bond acceptors (Lipinski definition) is 5. The summed E-state index contributed by atoms with van der Waals surface area (Å²) < 4.78 is 0. The van der Waals surface area contributed by atoms with E-state index in [9.17, 15) is 5.11 Å². The van der Waals surface area contributed by atoms with E-state index in [1.165, 1.54) is 18.4 Å². The molecule has 0 aliphatic carbocycles. The first-order valence-electron chi connectivity index (χ1n) is 9.44. The molecule has 5 nitrogen and oxygen atoms in total. The lowest BCUT2D eigenvalue weighted by atomic mass is 9.78. The molecule has 5 heteroatoms. The van der Waals surface area contributed by atoms with Gasteiger partial charge in [-0.05, 0) is 38.5 Å². The van der Waals surface area contributed by atoms with Gasteiger partial charge in [0.1, 0.15) is 0 Å². The van der Waals surface area contributed by atoms with Gasteiger partial charge in [-0.2, -0.15) is 0 Å². The molecular weight excluding hydrogens is 300 g/mol. The molecule has 0 amide bonds. The van der Waals surface area contributed by atoms with E-state index in [1.54, 1.807) is 0 Å². The molecule has 3 rings (SSSR count). The molecule has 2 aliphatic rings. The van der Waals surface area contributed by atoms with Gasteiger partial charge < -0.3 is 10.0 Å². The summed E-state index contributed by atoms with van der Waals surface area (Å²) in [4.78, 5) is 13.8. The van der Waals surface area contributed by atoms with Gasteiger partial charge in [0.15, 0.2) is 0 Å². The van der Waals surface area contributed by atoms with Crippen LogP contribution in [0.1, 0.15) is 52.0 Å². The van der Waals surface area contributed by atoms with E-state index < -0.39 is 5.60 Å². The summed E-state index contributed by atoms with van der Waals surface area (Å²) in [6.07, 6.45) is 8.37. The fraction of sp³-hybridized carbons (Fsp3) is 0.789. The average Bonchev–Trinajstić information content (AvgIpc) is 3.05. The first-order chi connectivity index (χ1) is 11.4. The summed E-state index contributed by atoms with van der Waals surface area (Å²) in [5.41, 5.74) is 0.638. The van der Waals surface area contributed by atoms with Crippen LogP contribution in [0.3, 0.4) is 0 Å². The van der Waals surface area contributed by atoms with E-state index in [0.29, 0.717) is 11.8 Å². The molecule has 1 aromatic heterocycles. The second-order valence-electron chi connectivity index (χ2n) is 8.25. The lowest BCUT2D eigenvalue weighted by molar-refractivity contribution is -0.0664. The minimum absolute atomic E-state index is 0.344. The van der Waals surface area contributed by atoms with Crippen LogP contribution in [-0.4, -0.2) is 51.8 Å². The zero-order valence-electron chi connectivity index (χ0n) is 15.4. The van der Waals surface area contributed by atoms with Crippen molar-refractivity contribution in [3.05, 3.63) is 18.0 Å². The van der Waals surface area contributed by atoms with Crippen LogP contribution in [0.25, 0.3) is 0 Å². The second kappa shape index (κ2) is 7.36. The summed E-state index contributed by atoms with van der Waals surface area (Å²) in [6, 6.07) is 0. The molecule has 2 atom stereocenters. The summed E-state index contributed by atoms with van der Waals surface area (Å²) in [6.45, 7) is 11.4. The normalized spacial score (nSPS) is 28.7. The highest BCUT2D eigenvalue weighted by molar-refractivity contribution is 5.30. The van der Waals surface area contributed by atoms with E-state index in [4.69, 9.17) is 0 Å². The predicted molar refractivity (Wildman–Crippen MR) is 96.9 cm³/mol. The molecule has 0 aromatic carbocycles. The largest absolute Gasteiger partial charge is 0.390 e. The van der Waals surface area contributed by atoms with Gasteiger partial charge in [0.25, 0.3) is 0 Å². The number of hydrogen-bond donors (Lipinski definition) is 1. The van der Waals surface area contributed by atoms with Crippen molar-refractivity contribution in [1.29, 1.82) is 0 Å². The van der Waals surface area contributed by atoms with E-state index in [1.807, 2.05) is 19.3 Å². The highest BCUT2D eigenvalue weighted by atomic mass is 16.3. The highest BCUT2D eigenvalue weighted by Crippen LogP contribution is 2.32. The highest BCUT2D eigenvalue weighted by Gasteiger charge is 2.37. The Labute approximate surface area is 146 Å². The molecule has 0 unspecified atom stereocenters. The number of likely N-dealkylation sites (tertiary alicyclic amines) is 1. The monoisotopic (exact) mass is 332 g/mol. The molecule has 2 saturated heterocycles. The molecule has 2 aliphatic heterocycles. The summed E-state index contributed by atoms with van der Waals surface area (Å²) >= 11 is 0. The van der Waals surface area contributed by atoms with E-state index >= 15 is 0 Å². The summed E-state index contributed by atoms with van der Waals surface area (Å²) in [5, 5.41) is 10.7. The number of anilines is 1. The third-order valence-electron chi connectivity index (χ3n) is 5.53. The van der Waals surface area contributed by atoms with Crippen LogP contribution >= 0.6 is 0 Å². The van der Waals surface area contributed by atoms with Crippen molar-refractivity contribution in [2.45, 2.75) is 58.6 Å². The van der Waals surface area contributed by atoms with Crippen LogP contribution < -0.4 is 4.90 Å². The Morgan fingerprint density at radius 3 is 2.50 bits per heavy atom. The number of rotatable bonds is 5. The van der Waals surface area contributed by atoms with Crippen molar-refractivity contribution < 1.29 is 5.11 Å². The topological polar surface area (TPSA) is 52.5 Å². The number of piperidine rings is 1. The minimum atomic E-state index is -0.531. The maximum absolute atomic E-state index is 10.7. The molecule has 0 bridgehead atoms. The lowest BCUT2D eigenvalue weighted by Crippen LogP contribution is -2.50. The Hall–Kier alpha value is -1.20. The lowest BCUT2D eigenvalue weighted by Gasteiger charge is -2.43. The molecule has 0 saturated carbocycles. The first kappa shape index (κ1) is 17.6. The average molecular weight is 332 g/mol. The Balaban J connectivity index is 1.59. The van der Waals surface area contributed by atoms with Crippen LogP contribution in [-0.2, 0) is 6.54 Å². The Kier molecular flexibility index (Phi) is 5.40. The van der Waals surface area contributed by atoms with Gasteiger partial charge in [0.2, 0.25) is 5.95 Å². The van der Waals surface area contributed by atoms with E-state index in [2.05, 4.69) is 33.6 Å². The smallest absolute Gasteiger partial charge is 0.225 e. The van der Waals surface area contributed by atoms with E-state index in [0.717, 1.165) is 51.5 Å². The molecule has 0 radical (unpaired) electrons. The maximum Gasteiger partial charge on any atom is 0.225 e. The van der Waals surface area contributed by atoms with Crippen molar-refractivity contribution in [3.63, 3.8) is 0 Å². The van der Waals surface area contributed by atoms with Crippen LogP contribution in [0.15, 0.2) is 12.4 Å². The SMILES string of the molecule is CC(C)C[C@@H]1CN(Cc2cnc(N3CCCC3)nc2)CC[C@]1(C)O. The van der Waals surface area contributed by atoms with Gasteiger partial charge in [-0.15, -0.1) is 0 Å². The van der Waals surface area contributed by atoms with Crippen molar-refractivity contribution in [2.75, 3.05) is 31.1 Å². The molecule has 24 heavy (non-hydrogen) atoms. The van der Waals surface area contributed by atoms with Gasteiger partial charge in [-0.3, -0.25) is 4.90 Å². The van der Waals surface area contributed by atoms with Crippen LogP contribution in [0, 0.1) is 11.8 Å². The summed E-state index contributed by atoms with van der Waals surface area (Å²) in [7, 11) is 0. The van der Waals surface area contributed by atoms with Crippen molar-refractivity contribution in [2.24, 2.45) is 11.8 Å².